The SMILES string of the molecule is CC(=O)C=C(O)c1ccccc1-c1ccccc1. The molecule has 2 aromatic rings. The topological polar surface area (TPSA) is 37.3 Å². The summed E-state index contributed by atoms with van der Waals surface area (Å²) in [6.45, 7) is 1.42. The number of rotatable bonds is 3. The molecule has 90 valence electrons. The highest BCUT2D eigenvalue weighted by molar-refractivity contribution is 5.95. The van der Waals surface area contributed by atoms with Gasteiger partial charge in [0.15, 0.2) is 5.78 Å². The molecular formula is C16H14O2. The molecule has 2 nitrogen and oxygen atoms in total. The predicted molar refractivity (Wildman–Crippen MR) is 73.2 cm³/mol. The molecule has 1 N–H and O–H groups in total. The second-order valence-electron chi connectivity index (χ2n) is 4.05. The third kappa shape index (κ3) is 2.66. The molecule has 0 aliphatic heterocycles. The first-order valence-corrected chi connectivity index (χ1v) is 5.74. The molecule has 0 unspecified atom stereocenters. The molecule has 0 saturated carbocycles. The van der Waals surface area contributed by atoms with Gasteiger partial charge in [-0.1, -0.05) is 54.6 Å². The Bertz CT molecular complexity index is 583. The van der Waals surface area contributed by atoms with Crippen molar-refractivity contribution >= 4 is 11.5 Å². The summed E-state index contributed by atoms with van der Waals surface area (Å²) in [5, 5.41) is 9.97. The van der Waals surface area contributed by atoms with E-state index in [0.717, 1.165) is 11.1 Å². The van der Waals surface area contributed by atoms with E-state index in [-0.39, 0.29) is 11.5 Å². The number of allylic oxidation sites excluding steroid dienone is 1. The van der Waals surface area contributed by atoms with Crippen molar-refractivity contribution < 1.29 is 9.90 Å². The lowest BCUT2D eigenvalue weighted by atomic mass is 9.98. The fourth-order valence-corrected chi connectivity index (χ4v) is 1.85. The van der Waals surface area contributed by atoms with Gasteiger partial charge in [-0.3, -0.25) is 4.79 Å². The third-order valence-corrected chi connectivity index (χ3v) is 2.63. The monoisotopic (exact) mass is 238 g/mol. The fraction of sp³-hybridized carbons (Fsp3) is 0.0625. The van der Waals surface area contributed by atoms with Crippen LogP contribution in [-0.2, 0) is 4.79 Å². The van der Waals surface area contributed by atoms with E-state index in [1.165, 1.54) is 13.0 Å². The molecule has 0 amide bonds. The third-order valence-electron chi connectivity index (χ3n) is 2.63. The summed E-state index contributed by atoms with van der Waals surface area (Å²) in [5.74, 6) is -0.169. The van der Waals surface area contributed by atoms with Crippen molar-refractivity contribution in [1.29, 1.82) is 0 Å². The number of hydrogen-bond donors (Lipinski definition) is 1. The Morgan fingerprint density at radius 2 is 1.61 bits per heavy atom. The van der Waals surface area contributed by atoms with Crippen molar-refractivity contribution in [3.05, 3.63) is 66.2 Å². The zero-order valence-electron chi connectivity index (χ0n) is 10.1. The lowest BCUT2D eigenvalue weighted by Crippen LogP contribution is -1.92. The van der Waals surface area contributed by atoms with Crippen molar-refractivity contribution in [3.63, 3.8) is 0 Å². The lowest BCUT2D eigenvalue weighted by Gasteiger charge is -2.08. The molecule has 0 spiro atoms. The highest BCUT2D eigenvalue weighted by Crippen LogP contribution is 2.27. The Morgan fingerprint density at radius 1 is 1.00 bits per heavy atom. The van der Waals surface area contributed by atoms with E-state index in [1.54, 1.807) is 6.07 Å². The van der Waals surface area contributed by atoms with Gasteiger partial charge in [-0.05, 0) is 18.1 Å². The van der Waals surface area contributed by atoms with Crippen LogP contribution in [0.3, 0.4) is 0 Å². The minimum absolute atomic E-state index is 0.00181. The van der Waals surface area contributed by atoms with Gasteiger partial charge in [0.25, 0.3) is 0 Å². The number of ketones is 1. The summed E-state index contributed by atoms with van der Waals surface area (Å²) in [4.78, 5) is 11.0. The van der Waals surface area contributed by atoms with E-state index in [4.69, 9.17) is 0 Å². The first kappa shape index (κ1) is 12.1. The van der Waals surface area contributed by atoms with Crippen molar-refractivity contribution in [3.8, 4) is 11.1 Å². The van der Waals surface area contributed by atoms with Gasteiger partial charge in [-0.2, -0.15) is 0 Å². The van der Waals surface area contributed by atoms with Gasteiger partial charge in [0.05, 0.1) is 0 Å². The largest absolute Gasteiger partial charge is 0.507 e. The summed E-state index contributed by atoms with van der Waals surface area (Å²) in [6.07, 6.45) is 1.24. The zero-order valence-corrected chi connectivity index (χ0v) is 10.1. The van der Waals surface area contributed by atoms with Gasteiger partial charge in [0.2, 0.25) is 0 Å². The van der Waals surface area contributed by atoms with Crippen molar-refractivity contribution in [2.75, 3.05) is 0 Å². The van der Waals surface area contributed by atoms with Crippen LogP contribution in [0.4, 0.5) is 0 Å². The average Bonchev–Trinajstić information content (AvgIpc) is 2.39. The average molecular weight is 238 g/mol. The molecular weight excluding hydrogens is 224 g/mol. The predicted octanol–water partition coefficient (Wildman–Crippen LogP) is 3.84. The molecule has 2 aromatic carbocycles. The Labute approximate surface area is 106 Å². The number of hydrogen-bond acceptors (Lipinski definition) is 2. The van der Waals surface area contributed by atoms with Crippen LogP contribution < -0.4 is 0 Å². The molecule has 0 heterocycles. The molecule has 0 saturated heterocycles. The molecule has 0 bridgehead atoms. The van der Waals surface area contributed by atoms with E-state index >= 15 is 0 Å². The van der Waals surface area contributed by atoms with Crippen LogP contribution in [0.2, 0.25) is 0 Å². The number of benzene rings is 2. The van der Waals surface area contributed by atoms with Gasteiger partial charge in [-0.25, -0.2) is 0 Å². The van der Waals surface area contributed by atoms with Crippen LogP contribution >= 0.6 is 0 Å². The second kappa shape index (κ2) is 5.32. The molecule has 18 heavy (non-hydrogen) atoms. The van der Waals surface area contributed by atoms with E-state index in [9.17, 15) is 9.90 Å². The Kier molecular flexibility index (Phi) is 3.58. The molecule has 0 radical (unpaired) electrons. The number of carbonyl (C=O) groups excluding carboxylic acids is 1. The number of aliphatic hydroxyl groups is 1. The number of carbonyl (C=O) groups is 1. The highest BCUT2D eigenvalue weighted by Gasteiger charge is 2.08. The van der Waals surface area contributed by atoms with E-state index in [1.807, 2.05) is 48.5 Å². The molecule has 0 fully saturated rings. The normalized spacial score (nSPS) is 11.3. The van der Waals surface area contributed by atoms with Crippen LogP contribution in [0.15, 0.2) is 60.7 Å². The van der Waals surface area contributed by atoms with Gasteiger partial charge in [0, 0.05) is 11.6 Å². The second-order valence-corrected chi connectivity index (χ2v) is 4.05. The van der Waals surface area contributed by atoms with E-state index in [2.05, 4.69) is 0 Å². The Hall–Kier alpha value is -2.35. The number of aliphatic hydroxyl groups excluding tert-OH is 1. The van der Waals surface area contributed by atoms with Gasteiger partial charge in [-0.15, -0.1) is 0 Å². The molecule has 0 atom stereocenters. The maximum absolute atomic E-state index is 11.0. The summed E-state index contributed by atoms with van der Waals surface area (Å²) < 4.78 is 0. The molecule has 2 rings (SSSR count). The maximum atomic E-state index is 11.0. The highest BCUT2D eigenvalue weighted by atomic mass is 16.3. The molecule has 0 aliphatic carbocycles. The van der Waals surface area contributed by atoms with Crippen molar-refractivity contribution in [2.24, 2.45) is 0 Å². The lowest BCUT2D eigenvalue weighted by molar-refractivity contribution is -0.112. The molecule has 2 heteroatoms. The van der Waals surface area contributed by atoms with E-state index < -0.39 is 0 Å². The van der Waals surface area contributed by atoms with E-state index in [0.29, 0.717) is 5.56 Å². The first-order valence-electron chi connectivity index (χ1n) is 5.74. The summed E-state index contributed by atoms with van der Waals surface area (Å²) in [5.41, 5.74) is 2.59. The molecule has 0 aliphatic rings. The maximum Gasteiger partial charge on any atom is 0.156 e. The van der Waals surface area contributed by atoms with Gasteiger partial charge < -0.3 is 5.11 Å². The van der Waals surface area contributed by atoms with Crippen molar-refractivity contribution in [1.82, 2.24) is 0 Å². The van der Waals surface area contributed by atoms with Gasteiger partial charge in [0.1, 0.15) is 5.76 Å². The minimum atomic E-state index is -0.171. The van der Waals surface area contributed by atoms with Crippen molar-refractivity contribution in [2.45, 2.75) is 6.92 Å². The standard InChI is InChI=1S/C16H14O2/c1-12(17)11-16(18)15-10-6-5-9-14(15)13-7-3-2-4-8-13/h2-11,18H,1H3. The Balaban J connectivity index is 2.54. The molecule has 0 aromatic heterocycles. The minimum Gasteiger partial charge on any atom is -0.507 e. The summed E-state index contributed by atoms with van der Waals surface area (Å²) in [7, 11) is 0. The van der Waals surface area contributed by atoms with Crippen LogP contribution in [0, 0.1) is 0 Å². The fourth-order valence-electron chi connectivity index (χ4n) is 1.85. The quantitative estimate of drug-likeness (QED) is 0.651. The summed E-state index contributed by atoms with van der Waals surface area (Å²) in [6, 6.07) is 17.2. The first-order chi connectivity index (χ1) is 8.68. The van der Waals surface area contributed by atoms with Crippen LogP contribution in [-0.4, -0.2) is 10.9 Å². The Morgan fingerprint density at radius 3 is 2.28 bits per heavy atom. The zero-order chi connectivity index (χ0) is 13.0. The summed E-state index contributed by atoms with van der Waals surface area (Å²) >= 11 is 0. The van der Waals surface area contributed by atoms with Crippen LogP contribution in [0.1, 0.15) is 12.5 Å². The van der Waals surface area contributed by atoms with Crippen LogP contribution in [0.25, 0.3) is 16.9 Å². The smallest absolute Gasteiger partial charge is 0.156 e. The van der Waals surface area contributed by atoms with Gasteiger partial charge >= 0.3 is 0 Å². The van der Waals surface area contributed by atoms with Crippen LogP contribution in [0.5, 0.6) is 0 Å².